The van der Waals surface area contributed by atoms with Crippen LogP contribution in [0.25, 0.3) is 21.7 Å². The zero-order valence-electron chi connectivity index (χ0n) is 8.69. The molecule has 0 spiro atoms. The van der Waals surface area contributed by atoms with Gasteiger partial charge in [-0.1, -0.05) is 24.3 Å². The first-order valence-electron chi connectivity index (χ1n) is 4.97. The maximum atomic E-state index is 11.4. The number of fused-ring (bicyclic) bond motifs is 2. The lowest BCUT2D eigenvalue weighted by atomic mass is 10.0. The van der Waals surface area contributed by atoms with E-state index in [0.717, 1.165) is 10.8 Å². The van der Waals surface area contributed by atoms with Gasteiger partial charge >= 0.3 is 0 Å². The summed E-state index contributed by atoms with van der Waals surface area (Å²) >= 11 is 0. The summed E-state index contributed by atoms with van der Waals surface area (Å²) in [5, 5.41) is 2.15. The molecule has 0 fully saturated rings. The number of hydrogen-bond donors (Lipinski definition) is 2. The van der Waals surface area contributed by atoms with Gasteiger partial charge in [-0.3, -0.25) is 9.59 Å². The highest BCUT2D eigenvalue weighted by molar-refractivity contribution is 6.21. The third kappa shape index (κ3) is 1.13. The number of primary amides is 2. The van der Waals surface area contributed by atoms with Crippen molar-refractivity contribution in [3.05, 3.63) is 35.6 Å². The van der Waals surface area contributed by atoms with Gasteiger partial charge in [0.1, 0.15) is 5.58 Å². The van der Waals surface area contributed by atoms with Crippen LogP contribution < -0.4 is 11.5 Å². The second kappa shape index (κ2) is 2.98. The lowest BCUT2D eigenvalue weighted by Crippen LogP contribution is -2.18. The Morgan fingerprint density at radius 3 is 2.06 bits per heavy atom. The fourth-order valence-electron chi connectivity index (χ4n) is 2.11. The fraction of sp³-hybridized carbons (Fsp3) is 0. The van der Waals surface area contributed by atoms with E-state index in [1.165, 1.54) is 0 Å². The van der Waals surface area contributed by atoms with Gasteiger partial charge in [0.2, 0.25) is 5.76 Å². The molecule has 3 aromatic carbocycles. The van der Waals surface area contributed by atoms with Gasteiger partial charge in [0.05, 0.1) is 5.56 Å². The SMILES string of the molecule is NC(=O)c1oc2c3ccc(cc3)c2c1C(N)=O. The average molecular weight is 228 g/mol. The summed E-state index contributed by atoms with van der Waals surface area (Å²) in [5.41, 5.74) is 11.0. The standard InChI is InChI=1S/C12H8N2O3/c13-11(15)8-7-5-1-3-6(4-2-5)9(7)17-10(8)12(14)16/h1-4H,(H2,13,15)(H2,14,16). The van der Waals surface area contributed by atoms with Crippen LogP contribution in [0.1, 0.15) is 20.9 Å². The van der Waals surface area contributed by atoms with Crippen molar-refractivity contribution in [2.75, 3.05) is 0 Å². The molecule has 1 aromatic heterocycles. The summed E-state index contributed by atoms with van der Waals surface area (Å²) in [4.78, 5) is 22.7. The first-order chi connectivity index (χ1) is 8.09. The molecule has 2 amide bonds. The topological polar surface area (TPSA) is 99.3 Å². The number of carbonyl (C=O) groups excluding carboxylic acids is 2. The minimum absolute atomic E-state index is 0.0636. The molecule has 5 nitrogen and oxygen atoms in total. The highest BCUT2D eigenvalue weighted by atomic mass is 16.3. The molecule has 1 heterocycles. The average Bonchev–Trinajstić information content (AvgIpc) is 2.72. The third-order valence-electron chi connectivity index (χ3n) is 2.81. The molecule has 4 rings (SSSR count). The fourth-order valence-corrected chi connectivity index (χ4v) is 2.11. The third-order valence-corrected chi connectivity index (χ3v) is 2.81. The van der Waals surface area contributed by atoms with Crippen molar-refractivity contribution in [3.8, 4) is 0 Å². The first kappa shape index (κ1) is 9.65. The Morgan fingerprint density at radius 1 is 0.941 bits per heavy atom. The molecule has 84 valence electrons. The van der Waals surface area contributed by atoms with Crippen LogP contribution in [0.2, 0.25) is 0 Å². The van der Waals surface area contributed by atoms with Crippen molar-refractivity contribution in [1.82, 2.24) is 0 Å². The van der Waals surface area contributed by atoms with Gasteiger partial charge in [0.15, 0.2) is 0 Å². The number of amides is 2. The Labute approximate surface area is 95.3 Å². The molecule has 0 radical (unpaired) electrons. The molecular formula is C12H8N2O3. The summed E-state index contributed by atoms with van der Waals surface area (Å²) in [6.07, 6.45) is 0. The summed E-state index contributed by atoms with van der Waals surface area (Å²) < 4.78 is 5.36. The normalized spacial score (nSPS) is 11.3. The Balaban J connectivity index is 2.58. The quantitative estimate of drug-likeness (QED) is 0.689. The number of benzene rings is 3. The van der Waals surface area contributed by atoms with Crippen molar-refractivity contribution in [3.63, 3.8) is 0 Å². The van der Waals surface area contributed by atoms with Crippen molar-refractivity contribution < 1.29 is 14.0 Å². The van der Waals surface area contributed by atoms with E-state index in [2.05, 4.69) is 0 Å². The Morgan fingerprint density at radius 2 is 1.53 bits per heavy atom. The van der Waals surface area contributed by atoms with E-state index in [4.69, 9.17) is 15.9 Å². The molecular weight excluding hydrogens is 220 g/mol. The van der Waals surface area contributed by atoms with Crippen LogP contribution in [-0.4, -0.2) is 11.8 Å². The van der Waals surface area contributed by atoms with E-state index in [1.54, 1.807) is 0 Å². The van der Waals surface area contributed by atoms with Crippen LogP contribution in [0.15, 0.2) is 28.7 Å². The predicted octanol–water partition coefficient (Wildman–Crippen LogP) is 1.22. The van der Waals surface area contributed by atoms with Crippen molar-refractivity contribution in [2.45, 2.75) is 0 Å². The Kier molecular flexibility index (Phi) is 1.69. The zero-order chi connectivity index (χ0) is 12.2. The molecule has 0 saturated carbocycles. The van der Waals surface area contributed by atoms with Crippen LogP contribution in [0.5, 0.6) is 0 Å². The second-order valence-electron chi connectivity index (χ2n) is 3.82. The van der Waals surface area contributed by atoms with Gasteiger partial charge in [-0.2, -0.15) is 0 Å². The minimum Gasteiger partial charge on any atom is -0.449 e. The maximum absolute atomic E-state index is 11.4. The monoisotopic (exact) mass is 228 g/mol. The van der Waals surface area contributed by atoms with Crippen LogP contribution >= 0.6 is 0 Å². The van der Waals surface area contributed by atoms with Crippen molar-refractivity contribution in [2.24, 2.45) is 11.5 Å². The highest BCUT2D eigenvalue weighted by Gasteiger charge is 2.24. The number of nitrogens with two attached hydrogens (primary N) is 2. The zero-order valence-corrected chi connectivity index (χ0v) is 8.69. The number of rotatable bonds is 2. The minimum atomic E-state index is -0.797. The van der Waals surface area contributed by atoms with E-state index >= 15 is 0 Å². The summed E-state index contributed by atoms with van der Waals surface area (Å²) in [5.74, 6) is -1.69. The molecule has 0 aliphatic rings. The Hall–Kier alpha value is -2.56. The molecule has 0 aliphatic carbocycles. The van der Waals surface area contributed by atoms with Gasteiger partial charge in [-0.25, -0.2) is 0 Å². The van der Waals surface area contributed by atoms with Gasteiger partial charge in [0.25, 0.3) is 11.8 Å². The maximum Gasteiger partial charge on any atom is 0.285 e. The number of furan rings is 1. The molecule has 5 heteroatoms. The second-order valence-corrected chi connectivity index (χ2v) is 3.82. The molecule has 4 aromatic rings. The molecule has 17 heavy (non-hydrogen) atoms. The number of hydrogen-bond acceptors (Lipinski definition) is 3. The molecule has 0 aliphatic heterocycles. The smallest absolute Gasteiger partial charge is 0.285 e. The summed E-state index contributed by atoms with van der Waals surface area (Å²) in [6.45, 7) is 0. The lowest BCUT2D eigenvalue weighted by Gasteiger charge is -2.00. The van der Waals surface area contributed by atoms with Crippen molar-refractivity contribution >= 4 is 33.6 Å². The highest BCUT2D eigenvalue weighted by Crippen LogP contribution is 2.34. The van der Waals surface area contributed by atoms with Gasteiger partial charge < -0.3 is 15.9 Å². The van der Waals surface area contributed by atoms with Crippen LogP contribution in [-0.2, 0) is 0 Å². The predicted molar refractivity (Wildman–Crippen MR) is 61.9 cm³/mol. The summed E-state index contributed by atoms with van der Waals surface area (Å²) in [7, 11) is 0. The molecule has 4 N–H and O–H groups in total. The van der Waals surface area contributed by atoms with Crippen LogP contribution in [0.4, 0.5) is 0 Å². The van der Waals surface area contributed by atoms with Crippen molar-refractivity contribution in [1.29, 1.82) is 0 Å². The van der Waals surface area contributed by atoms with E-state index in [9.17, 15) is 9.59 Å². The molecule has 0 unspecified atom stereocenters. The van der Waals surface area contributed by atoms with Crippen LogP contribution in [0, 0.1) is 0 Å². The van der Waals surface area contributed by atoms with Gasteiger partial charge in [0, 0.05) is 10.8 Å². The van der Waals surface area contributed by atoms with Gasteiger partial charge in [-0.05, 0) is 5.39 Å². The van der Waals surface area contributed by atoms with Gasteiger partial charge in [-0.15, -0.1) is 0 Å². The van der Waals surface area contributed by atoms with E-state index in [-0.39, 0.29) is 11.3 Å². The molecule has 0 saturated heterocycles. The van der Waals surface area contributed by atoms with Crippen LogP contribution in [0.3, 0.4) is 0 Å². The van der Waals surface area contributed by atoms with E-state index in [1.807, 2.05) is 24.3 Å². The first-order valence-corrected chi connectivity index (χ1v) is 4.97. The van der Waals surface area contributed by atoms with E-state index in [0.29, 0.717) is 11.0 Å². The lowest BCUT2D eigenvalue weighted by molar-refractivity contribution is 0.0949. The Bertz CT molecular complexity index is 737. The van der Waals surface area contributed by atoms with E-state index < -0.39 is 11.8 Å². The largest absolute Gasteiger partial charge is 0.449 e. The molecule has 2 bridgehead atoms. The molecule has 0 atom stereocenters. The summed E-state index contributed by atoms with van der Waals surface area (Å²) in [6, 6.07) is 7.36. The number of carbonyl (C=O) groups is 2.